The van der Waals surface area contributed by atoms with Crippen molar-refractivity contribution in [1.82, 2.24) is 10.2 Å². The Labute approximate surface area is 82.2 Å². The summed E-state index contributed by atoms with van der Waals surface area (Å²) >= 11 is 0. The van der Waals surface area contributed by atoms with Gasteiger partial charge in [-0.2, -0.15) is 5.10 Å². The van der Waals surface area contributed by atoms with Crippen molar-refractivity contribution >= 4 is 0 Å². The van der Waals surface area contributed by atoms with Gasteiger partial charge < -0.3 is 15.2 Å². The Hall–Kier alpha value is -1.20. The minimum atomic E-state index is -0.364. The Morgan fingerprint density at radius 1 is 1.64 bits per heavy atom. The van der Waals surface area contributed by atoms with Gasteiger partial charge in [-0.1, -0.05) is 0 Å². The first kappa shape index (κ1) is 9.36. The Morgan fingerprint density at radius 2 is 2.57 bits per heavy atom. The molecule has 14 heavy (non-hydrogen) atoms. The number of nitrogens with two attached hydrogens (primary N) is 1. The van der Waals surface area contributed by atoms with Gasteiger partial charge in [-0.15, -0.1) is 5.10 Å². The molecule has 1 aliphatic heterocycles. The van der Waals surface area contributed by atoms with E-state index in [9.17, 15) is 0 Å². The first-order valence-corrected chi connectivity index (χ1v) is 4.56. The van der Waals surface area contributed by atoms with Crippen molar-refractivity contribution in [2.45, 2.75) is 12.0 Å². The summed E-state index contributed by atoms with van der Waals surface area (Å²) in [6.45, 7) is 1.68. The van der Waals surface area contributed by atoms with Crippen LogP contribution in [0.5, 0.6) is 5.88 Å². The van der Waals surface area contributed by atoms with Crippen LogP contribution < -0.4 is 10.5 Å². The normalized spacial score (nSPS) is 26.4. The molecule has 5 heteroatoms. The highest BCUT2D eigenvalue weighted by Crippen LogP contribution is 2.16. The third kappa shape index (κ3) is 2.18. The van der Waals surface area contributed by atoms with Gasteiger partial charge >= 0.3 is 0 Å². The van der Waals surface area contributed by atoms with E-state index in [4.69, 9.17) is 15.2 Å². The summed E-state index contributed by atoms with van der Waals surface area (Å²) in [4.78, 5) is 0. The van der Waals surface area contributed by atoms with Crippen molar-refractivity contribution in [1.29, 1.82) is 0 Å². The third-order valence-electron chi connectivity index (χ3n) is 2.19. The molecule has 0 aliphatic carbocycles. The first-order valence-electron chi connectivity index (χ1n) is 4.56. The van der Waals surface area contributed by atoms with Crippen LogP contribution in [0.3, 0.4) is 0 Å². The van der Waals surface area contributed by atoms with E-state index in [1.54, 1.807) is 18.3 Å². The zero-order valence-corrected chi connectivity index (χ0v) is 7.85. The van der Waals surface area contributed by atoms with Gasteiger partial charge in [0.05, 0.1) is 12.1 Å². The summed E-state index contributed by atoms with van der Waals surface area (Å²) in [5, 5.41) is 7.51. The molecule has 0 spiro atoms. The van der Waals surface area contributed by atoms with E-state index in [-0.39, 0.29) is 5.54 Å². The summed E-state index contributed by atoms with van der Waals surface area (Å²) in [7, 11) is 0. The van der Waals surface area contributed by atoms with Crippen LogP contribution in [-0.2, 0) is 4.74 Å². The SMILES string of the molecule is NC1(COc2cccnn2)CCOC1. The maximum atomic E-state index is 6.01. The average Bonchev–Trinajstić information content (AvgIpc) is 2.65. The smallest absolute Gasteiger partial charge is 0.233 e. The summed E-state index contributed by atoms with van der Waals surface area (Å²) in [5.41, 5.74) is 5.65. The maximum Gasteiger partial charge on any atom is 0.233 e. The van der Waals surface area contributed by atoms with E-state index in [1.807, 2.05) is 0 Å². The fraction of sp³-hybridized carbons (Fsp3) is 0.556. The summed E-state index contributed by atoms with van der Waals surface area (Å²) in [6, 6.07) is 3.53. The van der Waals surface area contributed by atoms with Crippen LogP contribution in [0.25, 0.3) is 0 Å². The summed E-state index contributed by atoms with van der Waals surface area (Å²) in [6.07, 6.45) is 2.43. The fourth-order valence-electron chi connectivity index (χ4n) is 1.32. The molecule has 1 aliphatic rings. The van der Waals surface area contributed by atoms with Crippen molar-refractivity contribution in [2.75, 3.05) is 19.8 Å². The van der Waals surface area contributed by atoms with Crippen LogP contribution in [-0.4, -0.2) is 35.6 Å². The van der Waals surface area contributed by atoms with Gasteiger partial charge in [0.15, 0.2) is 0 Å². The minimum absolute atomic E-state index is 0.364. The topological polar surface area (TPSA) is 70.3 Å². The molecule has 1 atom stereocenters. The van der Waals surface area contributed by atoms with E-state index < -0.39 is 0 Å². The Bertz CT molecular complexity index is 285. The molecule has 5 nitrogen and oxygen atoms in total. The van der Waals surface area contributed by atoms with Gasteiger partial charge in [0.25, 0.3) is 0 Å². The van der Waals surface area contributed by atoms with Crippen molar-refractivity contribution in [3.63, 3.8) is 0 Å². The molecule has 1 aromatic rings. The Kier molecular flexibility index (Phi) is 2.60. The molecular weight excluding hydrogens is 182 g/mol. The molecule has 0 aromatic carbocycles. The highest BCUT2D eigenvalue weighted by atomic mass is 16.5. The van der Waals surface area contributed by atoms with Crippen LogP contribution in [0.4, 0.5) is 0 Å². The molecular formula is C9H13N3O2. The maximum absolute atomic E-state index is 6.01. The second-order valence-corrected chi connectivity index (χ2v) is 3.52. The van der Waals surface area contributed by atoms with Gasteiger partial charge in [-0.3, -0.25) is 0 Å². The molecule has 2 heterocycles. The van der Waals surface area contributed by atoms with E-state index >= 15 is 0 Å². The summed E-state index contributed by atoms with van der Waals surface area (Å²) in [5.74, 6) is 0.504. The van der Waals surface area contributed by atoms with E-state index in [2.05, 4.69) is 10.2 Å². The zero-order valence-electron chi connectivity index (χ0n) is 7.85. The molecule has 2 rings (SSSR count). The fourth-order valence-corrected chi connectivity index (χ4v) is 1.32. The van der Waals surface area contributed by atoms with Gasteiger partial charge in [-0.25, -0.2) is 0 Å². The lowest BCUT2D eigenvalue weighted by molar-refractivity contribution is 0.149. The van der Waals surface area contributed by atoms with Crippen LogP contribution in [0, 0.1) is 0 Å². The van der Waals surface area contributed by atoms with Gasteiger partial charge in [-0.05, 0) is 12.5 Å². The van der Waals surface area contributed by atoms with Crippen molar-refractivity contribution in [3.8, 4) is 5.88 Å². The van der Waals surface area contributed by atoms with Gasteiger partial charge in [0.2, 0.25) is 5.88 Å². The predicted molar refractivity (Wildman–Crippen MR) is 49.9 cm³/mol. The van der Waals surface area contributed by atoms with E-state index in [0.717, 1.165) is 6.42 Å². The lowest BCUT2D eigenvalue weighted by Crippen LogP contribution is -2.46. The lowest BCUT2D eigenvalue weighted by Gasteiger charge is -2.20. The molecule has 1 unspecified atom stereocenters. The Balaban J connectivity index is 1.88. The van der Waals surface area contributed by atoms with Gasteiger partial charge in [0.1, 0.15) is 6.61 Å². The second kappa shape index (κ2) is 3.89. The number of hydrogen-bond acceptors (Lipinski definition) is 5. The van der Waals surface area contributed by atoms with E-state index in [1.165, 1.54) is 0 Å². The highest BCUT2D eigenvalue weighted by Gasteiger charge is 2.31. The minimum Gasteiger partial charge on any atom is -0.475 e. The molecule has 1 saturated heterocycles. The largest absolute Gasteiger partial charge is 0.475 e. The molecule has 1 fully saturated rings. The molecule has 0 amide bonds. The predicted octanol–water partition coefficient (Wildman–Crippen LogP) is -0.0268. The lowest BCUT2D eigenvalue weighted by atomic mass is 10.0. The van der Waals surface area contributed by atoms with Crippen LogP contribution in [0.15, 0.2) is 18.3 Å². The number of nitrogens with zero attached hydrogens (tertiary/aromatic N) is 2. The molecule has 0 bridgehead atoms. The van der Waals surface area contributed by atoms with Crippen LogP contribution in [0.2, 0.25) is 0 Å². The third-order valence-corrected chi connectivity index (χ3v) is 2.19. The zero-order chi connectivity index (χ0) is 9.86. The average molecular weight is 195 g/mol. The molecule has 2 N–H and O–H groups in total. The summed E-state index contributed by atoms with van der Waals surface area (Å²) < 4.78 is 10.6. The standard InChI is InChI=1S/C9H13N3O2/c10-9(3-5-13-6-9)7-14-8-2-1-4-11-12-8/h1-2,4H,3,5-7,10H2. The number of hydrogen-bond donors (Lipinski definition) is 1. The second-order valence-electron chi connectivity index (χ2n) is 3.52. The number of aromatic nitrogens is 2. The molecule has 1 aromatic heterocycles. The van der Waals surface area contributed by atoms with Crippen molar-refractivity contribution < 1.29 is 9.47 Å². The Morgan fingerprint density at radius 3 is 3.21 bits per heavy atom. The van der Waals surface area contributed by atoms with Crippen LogP contribution >= 0.6 is 0 Å². The molecule has 76 valence electrons. The van der Waals surface area contributed by atoms with E-state index in [0.29, 0.717) is 25.7 Å². The quantitative estimate of drug-likeness (QED) is 0.733. The highest BCUT2D eigenvalue weighted by molar-refractivity contribution is 5.06. The van der Waals surface area contributed by atoms with Crippen molar-refractivity contribution in [3.05, 3.63) is 18.3 Å². The van der Waals surface area contributed by atoms with Crippen molar-refractivity contribution in [2.24, 2.45) is 5.73 Å². The number of ether oxygens (including phenoxy) is 2. The van der Waals surface area contributed by atoms with Gasteiger partial charge in [0, 0.05) is 18.9 Å². The first-order chi connectivity index (χ1) is 6.79. The van der Waals surface area contributed by atoms with Crippen LogP contribution in [0.1, 0.15) is 6.42 Å². The monoisotopic (exact) mass is 195 g/mol. The molecule has 0 radical (unpaired) electrons. The number of rotatable bonds is 3. The molecule has 0 saturated carbocycles.